The topological polar surface area (TPSA) is 29.3 Å². The van der Waals surface area contributed by atoms with Crippen molar-refractivity contribution in [3.8, 4) is 0 Å². The molecule has 0 aromatic rings. The second-order valence-corrected chi connectivity index (χ2v) is 4.23. The van der Waals surface area contributed by atoms with Crippen molar-refractivity contribution < 1.29 is 0 Å². The molecule has 2 N–H and O–H groups in total. The summed E-state index contributed by atoms with van der Waals surface area (Å²) >= 11 is 0. The van der Waals surface area contributed by atoms with Gasteiger partial charge in [0.25, 0.3) is 0 Å². The maximum absolute atomic E-state index is 5.55. The lowest BCUT2D eigenvalue weighted by molar-refractivity contribution is -0.0259. The molecule has 0 unspecified atom stereocenters. The van der Waals surface area contributed by atoms with E-state index in [1.165, 1.54) is 45.2 Å². The van der Waals surface area contributed by atoms with Crippen LogP contribution in [0.1, 0.15) is 32.1 Å². The molecule has 1 aliphatic carbocycles. The Morgan fingerprint density at radius 2 is 1.73 bits per heavy atom. The molecule has 2 heteroatoms. The molecule has 0 amide bonds. The Labute approximate surface area is 68.7 Å². The Morgan fingerprint density at radius 3 is 2.27 bits per heavy atom. The molecular formula is C9H18N2. The predicted octanol–water partition coefficient (Wildman–Crippen LogP) is 1.17. The third-order valence-corrected chi connectivity index (χ3v) is 3.29. The van der Waals surface area contributed by atoms with Crippen molar-refractivity contribution in [3.63, 3.8) is 0 Å². The Balaban J connectivity index is 1.84. The summed E-state index contributed by atoms with van der Waals surface area (Å²) in [5.41, 5.74) is 6.27. The summed E-state index contributed by atoms with van der Waals surface area (Å²) in [4.78, 5) is 2.35. The first-order valence-corrected chi connectivity index (χ1v) is 4.77. The van der Waals surface area contributed by atoms with E-state index >= 15 is 0 Å². The van der Waals surface area contributed by atoms with Crippen molar-refractivity contribution in [1.82, 2.24) is 4.90 Å². The minimum Gasteiger partial charge on any atom is -0.318 e. The number of likely N-dealkylation sites (tertiary alicyclic amines) is 1. The second kappa shape index (κ2) is 2.76. The highest BCUT2D eigenvalue weighted by atomic mass is 15.2. The third kappa shape index (κ3) is 1.30. The molecule has 11 heavy (non-hydrogen) atoms. The zero-order valence-electron chi connectivity index (χ0n) is 7.18. The first kappa shape index (κ1) is 7.56. The van der Waals surface area contributed by atoms with Gasteiger partial charge in [-0.05, 0) is 18.3 Å². The van der Waals surface area contributed by atoms with Crippen molar-refractivity contribution in [1.29, 1.82) is 0 Å². The summed E-state index contributed by atoms with van der Waals surface area (Å²) < 4.78 is 0. The van der Waals surface area contributed by atoms with Crippen LogP contribution in [-0.4, -0.2) is 24.7 Å². The van der Waals surface area contributed by atoms with Gasteiger partial charge in [-0.25, -0.2) is 0 Å². The number of rotatable bonds is 1. The SMILES string of the molecule is NCN1CC2(CCCCC2)C1. The molecule has 1 aliphatic heterocycles. The molecular weight excluding hydrogens is 136 g/mol. The van der Waals surface area contributed by atoms with Gasteiger partial charge < -0.3 is 5.73 Å². The number of nitrogens with zero attached hydrogens (tertiary/aromatic N) is 1. The summed E-state index contributed by atoms with van der Waals surface area (Å²) in [7, 11) is 0. The number of nitrogens with two attached hydrogens (primary N) is 1. The van der Waals surface area contributed by atoms with Crippen LogP contribution in [0.2, 0.25) is 0 Å². The summed E-state index contributed by atoms with van der Waals surface area (Å²) in [5, 5.41) is 0. The van der Waals surface area contributed by atoms with E-state index in [0.717, 1.165) is 12.1 Å². The lowest BCUT2D eigenvalue weighted by Crippen LogP contribution is -2.58. The predicted molar refractivity (Wildman–Crippen MR) is 46.1 cm³/mol. The zero-order chi connectivity index (χ0) is 7.73. The average Bonchev–Trinajstić information content (AvgIpc) is 2.01. The molecule has 2 aliphatic rings. The van der Waals surface area contributed by atoms with Crippen molar-refractivity contribution >= 4 is 0 Å². The number of hydrogen-bond donors (Lipinski definition) is 1. The normalized spacial score (nSPS) is 30.3. The molecule has 1 saturated heterocycles. The highest BCUT2D eigenvalue weighted by Crippen LogP contribution is 2.43. The highest BCUT2D eigenvalue weighted by molar-refractivity contribution is 4.95. The van der Waals surface area contributed by atoms with E-state index in [2.05, 4.69) is 4.90 Å². The van der Waals surface area contributed by atoms with Gasteiger partial charge in [-0.1, -0.05) is 19.3 Å². The van der Waals surface area contributed by atoms with E-state index in [1.54, 1.807) is 0 Å². The van der Waals surface area contributed by atoms with E-state index in [9.17, 15) is 0 Å². The molecule has 2 nitrogen and oxygen atoms in total. The summed E-state index contributed by atoms with van der Waals surface area (Å²) in [5.74, 6) is 0. The van der Waals surface area contributed by atoms with Gasteiger partial charge >= 0.3 is 0 Å². The van der Waals surface area contributed by atoms with Crippen molar-refractivity contribution in [3.05, 3.63) is 0 Å². The van der Waals surface area contributed by atoms with E-state index in [-0.39, 0.29) is 0 Å². The fourth-order valence-electron chi connectivity index (χ4n) is 2.65. The van der Waals surface area contributed by atoms with E-state index in [0.29, 0.717) is 0 Å². The minimum atomic E-state index is 0.720. The van der Waals surface area contributed by atoms with Crippen LogP contribution in [0.15, 0.2) is 0 Å². The zero-order valence-corrected chi connectivity index (χ0v) is 7.18. The van der Waals surface area contributed by atoms with E-state index < -0.39 is 0 Å². The molecule has 0 bridgehead atoms. The van der Waals surface area contributed by atoms with Gasteiger partial charge in [0.2, 0.25) is 0 Å². The van der Waals surface area contributed by atoms with Crippen LogP contribution in [0.5, 0.6) is 0 Å². The lowest BCUT2D eigenvalue weighted by Gasteiger charge is -2.52. The van der Waals surface area contributed by atoms with Crippen molar-refractivity contribution in [2.24, 2.45) is 11.1 Å². The lowest BCUT2D eigenvalue weighted by atomic mass is 9.69. The van der Waals surface area contributed by atoms with Crippen LogP contribution in [-0.2, 0) is 0 Å². The van der Waals surface area contributed by atoms with Crippen LogP contribution < -0.4 is 5.73 Å². The molecule has 0 radical (unpaired) electrons. The third-order valence-electron chi connectivity index (χ3n) is 3.29. The van der Waals surface area contributed by atoms with Gasteiger partial charge in [-0.3, -0.25) is 4.90 Å². The second-order valence-electron chi connectivity index (χ2n) is 4.23. The van der Waals surface area contributed by atoms with Crippen molar-refractivity contribution in [2.45, 2.75) is 32.1 Å². The molecule has 1 saturated carbocycles. The van der Waals surface area contributed by atoms with Crippen LogP contribution in [0.4, 0.5) is 0 Å². The Kier molecular flexibility index (Phi) is 1.90. The fourth-order valence-corrected chi connectivity index (χ4v) is 2.65. The fraction of sp³-hybridized carbons (Fsp3) is 1.00. The van der Waals surface area contributed by atoms with Gasteiger partial charge in [0.15, 0.2) is 0 Å². The first-order valence-electron chi connectivity index (χ1n) is 4.77. The monoisotopic (exact) mass is 154 g/mol. The first-order chi connectivity index (χ1) is 5.35. The highest BCUT2D eigenvalue weighted by Gasteiger charge is 2.42. The van der Waals surface area contributed by atoms with Gasteiger partial charge in [-0.2, -0.15) is 0 Å². The molecule has 2 fully saturated rings. The summed E-state index contributed by atoms with van der Waals surface area (Å²) in [6.45, 7) is 3.33. The quantitative estimate of drug-likeness (QED) is 0.614. The average molecular weight is 154 g/mol. The van der Waals surface area contributed by atoms with Crippen LogP contribution in [0, 0.1) is 5.41 Å². The smallest absolute Gasteiger partial charge is 0.0455 e. The minimum absolute atomic E-state index is 0.720. The summed E-state index contributed by atoms with van der Waals surface area (Å²) in [6, 6.07) is 0. The summed E-state index contributed by atoms with van der Waals surface area (Å²) in [6.07, 6.45) is 7.30. The van der Waals surface area contributed by atoms with Gasteiger partial charge in [0.1, 0.15) is 0 Å². The molecule has 0 atom stereocenters. The van der Waals surface area contributed by atoms with Crippen LogP contribution in [0.25, 0.3) is 0 Å². The molecule has 64 valence electrons. The Bertz CT molecular complexity index is 130. The molecule has 1 spiro atoms. The molecule has 0 aromatic heterocycles. The van der Waals surface area contributed by atoms with Crippen LogP contribution in [0.3, 0.4) is 0 Å². The standard InChI is InChI=1S/C9H18N2/c10-8-11-6-9(7-11)4-2-1-3-5-9/h1-8,10H2. The largest absolute Gasteiger partial charge is 0.318 e. The Hall–Kier alpha value is -0.0800. The molecule has 1 heterocycles. The molecule has 0 aromatic carbocycles. The van der Waals surface area contributed by atoms with E-state index in [1.807, 2.05) is 0 Å². The van der Waals surface area contributed by atoms with Crippen molar-refractivity contribution in [2.75, 3.05) is 19.8 Å². The van der Waals surface area contributed by atoms with Gasteiger partial charge in [0.05, 0.1) is 0 Å². The van der Waals surface area contributed by atoms with E-state index in [4.69, 9.17) is 5.73 Å². The number of hydrogen-bond acceptors (Lipinski definition) is 2. The maximum atomic E-state index is 5.55. The van der Waals surface area contributed by atoms with Gasteiger partial charge in [-0.15, -0.1) is 0 Å². The maximum Gasteiger partial charge on any atom is 0.0455 e. The molecule has 2 rings (SSSR count). The Morgan fingerprint density at radius 1 is 1.09 bits per heavy atom. The van der Waals surface area contributed by atoms with Gasteiger partial charge in [0, 0.05) is 19.8 Å². The van der Waals surface area contributed by atoms with Crippen LogP contribution >= 0.6 is 0 Å².